The van der Waals surface area contributed by atoms with Crippen LogP contribution >= 0.6 is 0 Å². The Morgan fingerprint density at radius 1 is 0.938 bits per heavy atom. The molecule has 6 nitrogen and oxygen atoms in total. The minimum Gasteiger partial charge on any atom is -0.334 e. The minimum atomic E-state index is -1.30. The molecule has 0 saturated heterocycles. The van der Waals surface area contributed by atoms with Gasteiger partial charge in [0.25, 0.3) is 5.91 Å². The Morgan fingerprint density at radius 3 is 2.28 bits per heavy atom. The largest absolute Gasteiger partial charge is 0.334 e. The van der Waals surface area contributed by atoms with Crippen LogP contribution in [0.25, 0.3) is 0 Å². The molecule has 4 rings (SSSR count). The maximum Gasteiger partial charge on any atom is 0.317 e. The highest BCUT2D eigenvalue weighted by atomic mass is 19.1. The molecule has 1 aliphatic rings. The van der Waals surface area contributed by atoms with Gasteiger partial charge in [-0.2, -0.15) is 0 Å². The first kappa shape index (κ1) is 21.2. The number of likely N-dealkylation sites (N-methyl/N-ethyl adjacent to an activating group) is 1. The molecule has 0 spiro atoms. The van der Waals surface area contributed by atoms with Crippen molar-refractivity contribution in [2.75, 3.05) is 11.9 Å². The van der Waals surface area contributed by atoms with Gasteiger partial charge >= 0.3 is 6.03 Å². The molecule has 0 fully saturated rings. The Hall–Kier alpha value is -4.07. The monoisotopic (exact) mass is 434 g/mol. The number of halogens is 2. The van der Waals surface area contributed by atoms with E-state index in [1.54, 1.807) is 67.7 Å². The molecule has 0 saturated carbocycles. The lowest BCUT2D eigenvalue weighted by Gasteiger charge is -2.21. The molecule has 0 bridgehead atoms. The van der Waals surface area contributed by atoms with Gasteiger partial charge in [0.1, 0.15) is 11.6 Å². The summed E-state index contributed by atoms with van der Waals surface area (Å²) in [6.45, 7) is -0.0701. The maximum atomic E-state index is 14.6. The summed E-state index contributed by atoms with van der Waals surface area (Å²) in [7, 11) is 1.56. The van der Waals surface area contributed by atoms with E-state index < -0.39 is 29.7 Å². The second kappa shape index (κ2) is 8.97. The van der Waals surface area contributed by atoms with E-state index in [9.17, 15) is 18.4 Å². The number of nitrogens with one attached hydrogen (secondary N) is 2. The van der Waals surface area contributed by atoms with Crippen LogP contribution in [0.15, 0.2) is 77.8 Å². The number of anilines is 1. The van der Waals surface area contributed by atoms with Crippen LogP contribution in [-0.2, 0) is 11.3 Å². The second-order valence-corrected chi connectivity index (χ2v) is 7.19. The lowest BCUT2D eigenvalue weighted by Crippen LogP contribution is -2.49. The van der Waals surface area contributed by atoms with Crippen molar-refractivity contribution < 1.29 is 18.4 Å². The molecule has 0 radical (unpaired) electrons. The van der Waals surface area contributed by atoms with Crippen LogP contribution in [0, 0.1) is 11.6 Å². The van der Waals surface area contributed by atoms with Crippen molar-refractivity contribution in [2.24, 2.45) is 4.99 Å². The predicted molar refractivity (Wildman–Crippen MR) is 117 cm³/mol. The standard InChI is InChI=1S/C24H20F2N4O2/c1-30-20-13-7-4-10-17(20)21(16-9-3-6-12-19(16)26)28-22(23(30)31)29-24(32)27-14-15-8-2-5-11-18(15)25/h2-13,22H,14H2,1H3,(H2,27,29,32). The smallest absolute Gasteiger partial charge is 0.317 e. The van der Waals surface area contributed by atoms with E-state index in [0.717, 1.165) is 0 Å². The van der Waals surface area contributed by atoms with Gasteiger partial charge in [-0.15, -0.1) is 0 Å². The number of rotatable bonds is 4. The number of urea groups is 1. The Morgan fingerprint density at radius 2 is 1.56 bits per heavy atom. The number of hydrogen-bond donors (Lipinski definition) is 2. The van der Waals surface area contributed by atoms with Crippen LogP contribution in [0.1, 0.15) is 16.7 Å². The number of aliphatic imine (C=N–C) groups is 1. The van der Waals surface area contributed by atoms with Crippen LogP contribution in [0.2, 0.25) is 0 Å². The van der Waals surface area contributed by atoms with Gasteiger partial charge in [-0.1, -0.05) is 48.5 Å². The van der Waals surface area contributed by atoms with E-state index in [1.165, 1.54) is 17.0 Å². The van der Waals surface area contributed by atoms with Gasteiger partial charge in [0, 0.05) is 30.3 Å². The maximum absolute atomic E-state index is 14.6. The number of hydrogen-bond acceptors (Lipinski definition) is 3. The van der Waals surface area contributed by atoms with E-state index >= 15 is 0 Å². The predicted octanol–water partition coefficient (Wildman–Crippen LogP) is 3.60. The van der Waals surface area contributed by atoms with Gasteiger partial charge in [0.2, 0.25) is 6.17 Å². The molecule has 1 aliphatic heterocycles. The van der Waals surface area contributed by atoms with E-state index in [0.29, 0.717) is 16.8 Å². The molecular formula is C24H20F2N4O2. The first-order valence-corrected chi connectivity index (χ1v) is 9.93. The van der Waals surface area contributed by atoms with Crippen molar-refractivity contribution in [2.45, 2.75) is 12.7 Å². The van der Waals surface area contributed by atoms with Gasteiger partial charge in [-0.05, 0) is 24.3 Å². The van der Waals surface area contributed by atoms with Gasteiger partial charge in [0.05, 0.1) is 11.4 Å². The number of nitrogens with zero attached hydrogens (tertiary/aromatic N) is 2. The van der Waals surface area contributed by atoms with Crippen LogP contribution in [0.3, 0.4) is 0 Å². The third-order valence-electron chi connectivity index (χ3n) is 5.14. The molecular weight excluding hydrogens is 414 g/mol. The summed E-state index contributed by atoms with van der Waals surface area (Å²) in [4.78, 5) is 31.3. The lowest BCUT2D eigenvalue weighted by molar-refractivity contribution is -0.119. The SMILES string of the molecule is CN1C(=O)C(NC(=O)NCc2ccccc2F)N=C(c2ccccc2F)c2ccccc21. The van der Waals surface area contributed by atoms with Crippen molar-refractivity contribution in [3.63, 3.8) is 0 Å². The number of fused-ring (bicyclic) bond motifs is 1. The highest BCUT2D eigenvalue weighted by Gasteiger charge is 2.31. The molecule has 0 aromatic heterocycles. The number of amides is 3. The van der Waals surface area contributed by atoms with Crippen LogP contribution in [0.4, 0.5) is 19.3 Å². The molecule has 2 N–H and O–H groups in total. The van der Waals surface area contributed by atoms with Crippen molar-refractivity contribution in [1.82, 2.24) is 10.6 Å². The summed E-state index contributed by atoms with van der Waals surface area (Å²) in [5.41, 5.74) is 1.85. The molecule has 162 valence electrons. The zero-order valence-corrected chi connectivity index (χ0v) is 17.2. The Labute approximate surface area is 183 Å². The van der Waals surface area contributed by atoms with Crippen molar-refractivity contribution >= 4 is 23.3 Å². The summed E-state index contributed by atoms with van der Waals surface area (Å²) < 4.78 is 28.4. The molecule has 1 atom stereocenters. The highest BCUT2D eigenvalue weighted by Crippen LogP contribution is 2.27. The van der Waals surface area contributed by atoms with Crippen molar-refractivity contribution in [3.05, 3.63) is 101 Å². The molecule has 1 unspecified atom stereocenters. The molecule has 1 heterocycles. The number of para-hydroxylation sites is 1. The zero-order valence-electron chi connectivity index (χ0n) is 17.2. The fourth-order valence-electron chi connectivity index (χ4n) is 3.48. The number of benzodiazepines with no additional fused rings is 1. The summed E-state index contributed by atoms with van der Waals surface area (Å²) >= 11 is 0. The molecule has 3 aromatic rings. The Balaban J connectivity index is 1.65. The average Bonchev–Trinajstić information content (AvgIpc) is 2.90. The fourth-order valence-corrected chi connectivity index (χ4v) is 3.48. The van der Waals surface area contributed by atoms with Gasteiger partial charge < -0.3 is 15.5 Å². The summed E-state index contributed by atoms with van der Waals surface area (Å²) in [5.74, 6) is -1.45. The fraction of sp³-hybridized carbons (Fsp3) is 0.125. The molecule has 3 amide bonds. The minimum absolute atomic E-state index is 0.0701. The zero-order chi connectivity index (χ0) is 22.7. The average molecular weight is 434 g/mol. The second-order valence-electron chi connectivity index (χ2n) is 7.19. The summed E-state index contributed by atoms with van der Waals surface area (Å²) in [6, 6.07) is 18.4. The number of carbonyl (C=O) groups is 2. The van der Waals surface area contributed by atoms with Gasteiger partial charge in [-0.25, -0.2) is 18.6 Å². The van der Waals surface area contributed by atoms with E-state index in [4.69, 9.17) is 0 Å². The Kier molecular flexibility index (Phi) is 5.93. The topological polar surface area (TPSA) is 73.8 Å². The number of carbonyl (C=O) groups excluding carboxylic acids is 2. The van der Waals surface area contributed by atoms with E-state index in [2.05, 4.69) is 15.6 Å². The van der Waals surface area contributed by atoms with Gasteiger partial charge in [0.15, 0.2) is 0 Å². The quantitative estimate of drug-likeness (QED) is 0.659. The normalized spacial score (nSPS) is 15.5. The number of benzene rings is 3. The first-order valence-electron chi connectivity index (χ1n) is 9.93. The first-order chi connectivity index (χ1) is 15.5. The third kappa shape index (κ3) is 4.20. The van der Waals surface area contributed by atoms with Crippen molar-refractivity contribution in [3.8, 4) is 0 Å². The van der Waals surface area contributed by atoms with Crippen LogP contribution in [-0.4, -0.2) is 30.9 Å². The van der Waals surface area contributed by atoms with Crippen LogP contribution in [0.5, 0.6) is 0 Å². The lowest BCUT2D eigenvalue weighted by atomic mass is 10.00. The molecule has 8 heteroatoms. The van der Waals surface area contributed by atoms with Crippen molar-refractivity contribution in [1.29, 1.82) is 0 Å². The van der Waals surface area contributed by atoms with Crippen LogP contribution < -0.4 is 15.5 Å². The highest BCUT2D eigenvalue weighted by molar-refractivity contribution is 6.20. The summed E-state index contributed by atoms with van der Waals surface area (Å²) in [5, 5.41) is 5.04. The third-order valence-corrected chi connectivity index (χ3v) is 5.14. The van der Waals surface area contributed by atoms with Gasteiger partial charge in [-0.3, -0.25) is 4.79 Å². The van der Waals surface area contributed by atoms with E-state index in [-0.39, 0.29) is 17.8 Å². The molecule has 32 heavy (non-hydrogen) atoms. The summed E-state index contributed by atoms with van der Waals surface area (Å²) in [6.07, 6.45) is -1.30. The van der Waals surface area contributed by atoms with E-state index in [1.807, 2.05) is 0 Å². The molecule has 0 aliphatic carbocycles. The molecule has 3 aromatic carbocycles. The Bertz CT molecular complexity index is 1210.